The summed E-state index contributed by atoms with van der Waals surface area (Å²) in [5, 5.41) is 4.30. The van der Waals surface area contributed by atoms with Gasteiger partial charge in [0, 0.05) is 13.2 Å². The zero-order valence-electron chi connectivity index (χ0n) is 11.6. The number of carbonyl (C=O) groups excluding carboxylic acids is 1. The van der Waals surface area contributed by atoms with Gasteiger partial charge < -0.3 is 0 Å². The maximum absolute atomic E-state index is 12.6. The Morgan fingerprint density at radius 2 is 2.11 bits per heavy atom. The van der Waals surface area contributed by atoms with E-state index in [-0.39, 0.29) is 5.54 Å². The summed E-state index contributed by atoms with van der Waals surface area (Å²) in [6, 6.07) is 1.93. The summed E-state index contributed by atoms with van der Waals surface area (Å²) in [5.41, 5.74) is 0.565. The third-order valence-electron chi connectivity index (χ3n) is 4.20. The monoisotopic (exact) mass is 249 g/mol. The van der Waals surface area contributed by atoms with Crippen LogP contribution < -0.4 is 0 Å². The van der Waals surface area contributed by atoms with Crippen LogP contribution in [0.4, 0.5) is 0 Å². The molecule has 18 heavy (non-hydrogen) atoms. The fraction of sp³-hybridized carbons (Fsp3) is 0.714. The minimum atomic E-state index is -0.311. The normalized spacial score (nSPS) is 19.9. The summed E-state index contributed by atoms with van der Waals surface area (Å²) >= 11 is 0. The second kappa shape index (κ2) is 5.22. The van der Waals surface area contributed by atoms with Crippen LogP contribution in [0.2, 0.25) is 0 Å². The lowest BCUT2D eigenvalue weighted by Crippen LogP contribution is -2.51. The average molecular weight is 249 g/mol. The molecule has 0 saturated carbocycles. The maximum atomic E-state index is 12.6. The molecule has 1 aliphatic heterocycles. The van der Waals surface area contributed by atoms with Crippen molar-refractivity contribution in [1.82, 2.24) is 14.7 Å². The molecule has 1 atom stereocenters. The molecule has 1 aliphatic rings. The number of nitrogens with zero attached hydrogens (tertiary/aromatic N) is 3. The lowest BCUT2D eigenvalue weighted by atomic mass is 9.88. The van der Waals surface area contributed by atoms with Crippen molar-refractivity contribution in [2.75, 3.05) is 13.1 Å². The molecular weight excluding hydrogens is 226 g/mol. The molecule has 0 amide bonds. The van der Waals surface area contributed by atoms with Crippen molar-refractivity contribution in [1.29, 1.82) is 0 Å². The number of likely N-dealkylation sites (tertiary alicyclic amines) is 1. The topological polar surface area (TPSA) is 38.1 Å². The Morgan fingerprint density at radius 1 is 1.44 bits per heavy atom. The van der Waals surface area contributed by atoms with Crippen LogP contribution in [-0.4, -0.2) is 39.1 Å². The molecule has 1 aromatic heterocycles. The minimum absolute atomic E-state index is 0.297. The number of hydrogen-bond donors (Lipinski definition) is 0. The summed E-state index contributed by atoms with van der Waals surface area (Å²) in [5.74, 6) is 0.297. The SMILES string of the molecule is CCC(C)(C(=O)Cc1ccn(C)n1)N1CCCC1. The van der Waals surface area contributed by atoms with Crippen LogP contribution in [0.15, 0.2) is 12.3 Å². The molecule has 4 heteroatoms. The largest absolute Gasteiger partial charge is 0.297 e. The van der Waals surface area contributed by atoms with Gasteiger partial charge in [-0.05, 0) is 45.3 Å². The minimum Gasteiger partial charge on any atom is -0.297 e. The van der Waals surface area contributed by atoms with Gasteiger partial charge in [-0.25, -0.2) is 0 Å². The van der Waals surface area contributed by atoms with Crippen LogP contribution in [0, 0.1) is 0 Å². The molecule has 100 valence electrons. The summed E-state index contributed by atoms with van der Waals surface area (Å²) in [6.07, 6.45) is 5.64. The smallest absolute Gasteiger partial charge is 0.158 e. The maximum Gasteiger partial charge on any atom is 0.158 e. The molecule has 2 rings (SSSR count). The molecular formula is C14H23N3O. The number of hydrogen-bond acceptors (Lipinski definition) is 3. The molecule has 1 fully saturated rings. The quantitative estimate of drug-likeness (QED) is 0.798. The first kappa shape index (κ1) is 13.3. The Bertz CT molecular complexity index is 420. The van der Waals surface area contributed by atoms with Crippen LogP contribution in [0.5, 0.6) is 0 Å². The van der Waals surface area contributed by atoms with Crippen LogP contribution in [-0.2, 0) is 18.3 Å². The highest BCUT2D eigenvalue weighted by Gasteiger charge is 2.38. The highest BCUT2D eigenvalue weighted by Crippen LogP contribution is 2.26. The number of Topliss-reactive ketones (excluding diaryl/α,β-unsaturated/α-hetero) is 1. The summed E-state index contributed by atoms with van der Waals surface area (Å²) in [4.78, 5) is 14.9. The molecule has 1 aromatic rings. The van der Waals surface area contributed by atoms with E-state index in [1.807, 2.05) is 19.3 Å². The number of carbonyl (C=O) groups is 1. The van der Waals surface area contributed by atoms with E-state index in [9.17, 15) is 4.79 Å². The van der Waals surface area contributed by atoms with Crippen molar-refractivity contribution in [3.05, 3.63) is 18.0 Å². The van der Waals surface area contributed by atoms with Crippen molar-refractivity contribution in [3.8, 4) is 0 Å². The van der Waals surface area contributed by atoms with Crippen molar-refractivity contribution in [3.63, 3.8) is 0 Å². The molecule has 0 aliphatic carbocycles. The van der Waals surface area contributed by atoms with Gasteiger partial charge in [0.1, 0.15) is 0 Å². The van der Waals surface area contributed by atoms with Crippen molar-refractivity contribution >= 4 is 5.78 Å². The molecule has 4 nitrogen and oxygen atoms in total. The van der Waals surface area contributed by atoms with Crippen molar-refractivity contribution in [2.45, 2.75) is 45.1 Å². The van der Waals surface area contributed by atoms with Gasteiger partial charge in [-0.15, -0.1) is 0 Å². The molecule has 1 unspecified atom stereocenters. The van der Waals surface area contributed by atoms with Crippen LogP contribution in [0.3, 0.4) is 0 Å². The van der Waals surface area contributed by atoms with Crippen LogP contribution in [0.1, 0.15) is 38.8 Å². The second-order valence-electron chi connectivity index (χ2n) is 5.40. The van der Waals surface area contributed by atoms with Gasteiger partial charge in [-0.3, -0.25) is 14.4 Å². The highest BCUT2D eigenvalue weighted by atomic mass is 16.1. The standard InChI is InChI=1S/C14H23N3O/c1-4-14(2,17-8-5-6-9-17)13(18)11-12-7-10-16(3)15-12/h7,10H,4-6,8-9,11H2,1-3H3. The molecule has 0 N–H and O–H groups in total. The average Bonchev–Trinajstić information content (AvgIpc) is 2.99. The van der Waals surface area contributed by atoms with E-state index in [1.165, 1.54) is 12.8 Å². The lowest BCUT2D eigenvalue weighted by molar-refractivity contribution is -0.129. The van der Waals surface area contributed by atoms with Gasteiger partial charge in [-0.2, -0.15) is 5.10 Å². The number of aryl methyl sites for hydroxylation is 1. The van der Waals surface area contributed by atoms with Gasteiger partial charge in [0.2, 0.25) is 0 Å². The Kier molecular flexibility index (Phi) is 3.85. The zero-order chi connectivity index (χ0) is 13.2. The molecule has 0 aromatic carbocycles. The first-order chi connectivity index (χ1) is 8.56. The summed E-state index contributed by atoms with van der Waals surface area (Å²) in [7, 11) is 1.88. The van der Waals surface area contributed by atoms with Gasteiger partial charge in [0.15, 0.2) is 5.78 Å². The predicted octanol–water partition coefficient (Wildman–Crippen LogP) is 1.80. The Labute approximate surface area is 109 Å². The van der Waals surface area contributed by atoms with E-state index in [4.69, 9.17) is 0 Å². The number of ketones is 1. The lowest BCUT2D eigenvalue weighted by Gasteiger charge is -2.36. The van der Waals surface area contributed by atoms with E-state index < -0.39 is 0 Å². The van der Waals surface area contributed by atoms with Gasteiger partial charge in [0.25, 0.3) is 0 Å². The summed E-state index contributed by atoms with van der Waals surface area (Å²) in [6.45, 7) is 6.30. The number of rotatable bonds is 5. The van der Waals surface area contributed by atoms with E-state index in [2.05, 4.69) is 23.8 Å². The van der Waals surface area contributed by atoms with E-state index in [0.29, 0.717) is 12.2 Å². The second-order valence-corrected chi connectivity index (χ2v) is 5.40. The number of aromatic nitrogens is 2. The molecule has 0 spiro atoms. The van der Waals surface area contributed by atoms with Crippen molar-refractivity contribution < 1.29 is 4.79 Å². The fourth-order valence-corrected chi connectivity index (χ4v) is 2.72. The summed E-state index contributed by atoms with van der Waals surface area (Å²) < 4.78 is 1.75. The van der Waals surface area contributed by atoms with Gasteiger partial charge in [-0.1, -0.05) is 6.92 Å². The predicted molar refractivity (Wildman–Crippen MR) is 71.4 cm³/mol. The molecule has 1 saturated heterocycles. The van der Waals surface area contributed by atoms with Crippen LogP contribution >= 0.6 is 0 Å². The zero-order valence-corrected chi connectivity index (χ0v) is 11.6. The molecule has 2 heterocycles. The third-order valence-corrected chi connectivity index (χ3v) is 4.20. The van der Waals surface area contributed by atoms with E-state index in [0.717, 1.165) is 25.2 Å². The van der Waals surface area contributed by atoms with E-state index >= 15 is 0 Å². The van der Waals surface area contributed by atoms with E-state index in [1.54, 1.807) is 4.68 Å². The Hall–Kier alpha value is -1.16. The van der Waals surface area contributed by atoms with Crippen molar-refractivity contribution in [2.24, 2.45) is 7.05 Å². The third kappa shape index (κ3) is 2.48. The molecule has 0 radical (unpaired) electrons. The Balaban J connectivity index is 2.09. The molecule has 0 bridgehead atoms. The Morgan fingerprint density at radius 3 is 2.61 bits per heavy atom. The first-order valence-corrected chi connectivity index (χ1v) is 6.83. The van der Waals surface area contributed by atoms with Gasteiger partial charge in [0.05, 0.1) is 17.7 Å². The van der Waals surface area contributed by atoms with Gasteiger partial charge >= 0.3 is 0 Å². The van der Waals surface area contributed by atoms with Crippen LogP contribution in [0.25, 0.3) is 0 Å². The highest BCUT2D eigenvalue weighted by molar-refractivity contribution is 5.89. The fourth-order valence-electron chi connectivity index (χ4n) is 2.72. The first-order valence-electron chi connectivity index (χ1n) is 6.83.